The SMILES string of the molecule is CC(C)(C)c1ccc(OCc2nnc(SCc3ccc(Br)cc3)n2N)cc1. The maximum absolute atomic E-state index is 6.12. The van der Waals surface area contributed by atoms with Crippen LogP contribution in [0.25, 0.3) is 0 Å². The molecule has 142 valence electrons. The van der Waals surface area contributed by atoms with Crippen molar-refractivity contribution in [2.75, 3.05) is 5.84 Å². The Bertz CT molecular complexity index is 886. The number of nitrogens with two attached hydrogens (primary N) is 1. The van der Waals surface area contributed by atoms with Crippen molar-refractivity contribution in [3.63, 3.8) is 0 Å². The van der Waals surface area contributed by atoms with Gasteiger partial charge in [-0.25, -0.2) is 4.68 Å². The number of hydrogen-bond acceptors (Lipinski definition) is 5. The van der Waals surface area contributed by atoms with Gasteiger partial charge in [0.15, 0.2) is 5.82 Å². The minimum absolute atomic E-state index is 0.122. The molecule has 0 saturated heterocycles. The van der Waals surface area contributed by atoms with Gasteiger partial charge in [0, 0.05) is 10.2 Å². The molecule has 0 aliphatic heterocycles. The van der Waals surface area contributed by atoms with E-state index in [1.165, 1.54) is 15.8 Å². The molecule has 0 fully saturated rings. The Kier molecular flexibility index (Phi) is 6.11. The van der Waals surface area contributed by atoms with Crippen LogP contribution in [0.15, 0.2) is 58.2 Å². The van der Waals surface area contributed by atoms with E-state index in [9.17, 15) is 0 Å². The summed E-state index contributed by atoms with van der Waals surface area (Å²) in [5, 5.41) is 8.98. The molecule has 1 heterocycles. The Hall–Kier alpha value is -1.99. The number of thioether (sulfide) groups is 1. The van der Waals surface area contributed by atoms with Crippen LogP contribution in [0.5, 0.6) is 5.75 Å². The predicted molar refractivity (Wildman–Crippen MR) is 113 cm³/mol. The summed E-state index contributed by atoms with van der Waals surface area (Å²) >= 11 is 4.99. The summed E-state index contributed by atoms with van der Waals surface area (Å²) in [7, 11) is 0. The van der Waals surface area contributed by atoms with E-state index in [4.69, 9.17) is 10.6 Å². The van der Waals surface area contributed by atoms with Crippen LogP contribution in [0, 0.1) is 0 Å². The highest BCUT2D eigenvalue weighted by Crippen LogP contribution is 2.25. The first kappa shape index (κ1) is 19.8. The van der Waals surface area contributed by atoms with Crippen LogP contribution in [0.2, 0.25) is 0 Å². The quantitative estimate of drug-likeness (QED) is 0.429. The van der Waals surface area contributed by atoms with Crippen molar-refractivity contribution in [2.24, 2.45) is 0 Å². The van der Waals surface area contributed by atoms with Crippen molar-refractivity contribution >= 4 is 27.7 Å². The molecule has 3 rings (SSSR count). The first-order valence-electron chi connectivity index (χ1n) is 8.63. The number of rotatable bonds is 6. The largest absolute Gasteiger partial charge is 0.486 e. The summed E-state index contributed by atoms with van der Waals surface area (Å²) in [5.74, 6) is 8.27. The Morgan fingerprint density at radius 3 is 2.33 bits per heavy atom. The van der Waals surface area contributed by atoms with Crippen LogP contribution in [-0.4, -0.2) is 14.9 Å². The number of aromatic nitrogens is 3. The number of nitrogens with zero attached hydrogens (tertiary/aromatic N) is 3. The zero-order chi connectivity index (χ0) is 19.4. The highest BCUT2D eigenvalue weighted by atomic mass is 79.9. The molecule has 0 radical (unpaired) electrons. The van der Waals surface area contributed by atoms with Gasteiger partial charge in [0.2, 0.25) is 5.16 Å². The third-order valence-corrected chi connectivity index (χ3v) is 5.65. The van der Waals surface area contributed by atoms with E-state index in [0.717, 1.165) is 16.0 Å². The molecule has 3 aromatic rings. The second-order valence-corrected chi connectivity index (χ2v) is 9.11. The fraction of sp³-hybridized carbons (Fsp3) is 0.300. The molecule has 0 amide bonds. The van der Waals surface area contributed by atoms with Crippen LogP contribution in [-0.2, 0) is 17.8 Å². The minimum atomic E-state index is 0.122. The van der Waals surface area contributed by atoms with E-state index in [0.29, 0.717) is 11.0 Å². The van der Waals surface area contributed by atoms with Gasteiger partial charge in [-0.2, -0.15) is 0 Å². The zero-order valence-corrected chi connectivity index (χ0v) is 18.0. The van der Waals surface area contributed by atoms with Crippen molar-refractivity contribution in [1.29, 1.82) is 0 Å². The molecular formula is C20H23BrN4OS. The Morgan fingerprint density at radius 1 is 1.04 bits per heavy atom. The van der Waals surface area contributed by atoms with Gasteiger partial charge in [-0.05, 0) is 40.8 Å². The van der Waals surface area contributed by atoms with Crippen LogP contribution in [0.3, 0.4) is 0 Å². The Labute approximate surface area is 172 Å². The monoisotopic (exact) mass is 446 g/mol. The lowest BCUT2D eigenvalue weighted by Gasteiger charge is -2.19. The highest BCUT2D eigenvalue weighted by Gasteiger charge is 2.14. The van der Waals surface area contributed by atoms with Crippen LogP contribution < -0.4 is 10.6 Å². The highest BCUT2D eigenvalue weighted by molar-refractivity contribution is 9.10. The lowest BCUT2D eigenvalue weighted by Crippen LogP contribution is -2.16. The summed E-state index contributed by atoms with van der Waals surface area (Å²) in [6, 6.07) is 16.3. The molecule has 0 aliphatic rings. The van der Waals surface area contributed by atoms with Gasteiger partial charge in [-0.15, -0.1) is 10.2 Å². The van der Waals surface area contributed by atoms with Gasteiger partial charge in [-0.1, -0.05) is 72.7 Å². The maximum Gasteiger partial charge on any atom is 0.210 e. The normalized spacial score (nSPS) is 11.6. The summed E-state index contributed by atoms with van der Waals surface area (Å²) < 4.78 is 8.37. The topological polar surface area (TPSA) is 66.0 Å². The second kappa shape index (κ2) is 8.35. The van der Waals surface area contributed by atoms with Crippen molar-refractivity contribution in [3.8, 4) is 5.75 Å². The van der Waals surface area contributed by atoms with Gasteiger partial charge in [0.1, 0.15) is 12.4 Å². The average Bonchev–Trinajstić information content (AvgIpc) is 2.99. The molecule has 0 unspecified atom stereocenters. The van der Waals surface area contributed by atoms with Gasteiger partial charge in [-0.3, -0.25) is 0 Å². The molecule has 0 saturated carbocycles. The van der Waals surface area contributed by atoms with E-state index in [1.807, 2.05) is 24.3 Å². The molecular weight excluding hydrogens is 424 g/mol. The Morgan fingerprint density at radius 2 is 1.70 bits per heavy atom. The molecule has 2 aromatic carbocycles. The molecule has 0 bridgehead atoms. The number of ether oxygens (including phenoxy) is 1. The summed E-state index contributed by atoms with van der Waals surface area (Å²) in [6.45, 7) is 6.84. The third-order valence-electron chi connectivity index (χ3n) is 4.10. The van der Waals surface area contributed by atoms with Gasteiger partial charge >= 0.3 is 0 Å². The van der Waals surface area contributed by atoms with Gasteiger partial charge < -0.3 is 10.6 Å². The van der Waals surface area contributed by atoms with E-state index in [2.05, 4.69) is 71.2 Å². The standard InChI is InChI=1S/C20H23BrN4OS/c1-20(2,3)15-6-10-17(11-7-15)26-12-18-23-24-19(25(18)22)27-13-14-4-8-16(21)9-5-14/h4-11H,12-13,22H2,1-3H3. The summed E-state index contributed by atoms with van der Waals surface area (Å²) in [5.41, 5.74) is 2.59. The number of halogens is 1. The molecule has 5 nitrogen and oxygen atoms in total. The summed E-state index contributed by atoms with van der Waals surface area (Å²) in [4.78, 5) is 0. The fourth-order valence-electron chi connectivity index (χ4n) is 2.43. The van der Waals surface area contributed by atoms with Crippen molar-refractivity contribution in [1.82, 2.24) is 14.9 Å². The molecule has 27 heavy (non-hydrogen) atoms. The first-order chi connectivity index (χ1) is 12.8. The minimum Gasteiger partial charge on any atom is -0.486 e. The molecule has 2 N–H and O–H groups in total. The van der Waals surface area contributed by atoms with Gasteiger partial charge in [0.05, 0.1) is 0 Å². The third kappa shape index (κ3) is 5.26. The second-order valence-electron chi connectivity index (χ2n) is 7.25. The predicted octanol–water partition coefficient (Wildman–Crippen LogP) is 4.92. The van der Waals surface area contributed by atoms with Crippen LogP contribution in [0.1, 0.15) is 37.7 Å². The zero-order valence-electron chi connectivity index (χ0n) is 15.6. The van der Waals surface area contributed by atoms with Crippen molar-refractivity contribution in [2.45, 2.75) is 43.7 Å². The lowest BCUT2D eigenvalue weighted by atomic mass is 9.87. The number of nitrogen functional groups attached to an aromatic ring is 1. The summed E-state index contributed by atoms with van der Waals surface area (Å²) in [6.07, 6.45) is 0. The van der Waals surface area contributed by atoms with Crippen LogP contribution in [0.4, 0.5) is 0 Å². The van der Waals surface area contributed by atoms with E-state index in [1.54, 1.807) is 11.8 Å². The number of hydrogen-bond donors (Lipinski definition) is 1. The first-order valence-corrected chi connectivity index (χ1v) is 10.4. The molecule has 7 heteroatoms. The smallest absolute Gasteiger partial charge is 0.210 e. The van der Waals surface area contributed by atoms with E-state index >= 15 is 0 Å². The lowest BCUT2D eigenvalue weighted by molar-refractivity contribution is 0.291. The van der Waals surface area contributed by atoms with E-state index in [-0.39, 0.29) is 12.0 Å². The molecule has 1 aromatic heterocycles. The van der Waals surface area contributed by atoms with Crippen LogP contribution >= 0.6 is 27.7 Å². The molecule has 0 aliphatic carbocycles. The van der Waals surface area contributed by atoms with E-state index < -0.39 is 0 Å². The maximum atomic E-state index is 6.12. The average molecular weight is 447 g/mol. The molecule has 0 spiro atoms. The van der Waals surface area contributed by atoms with Crippen molar-refractivity contribution in [3.05, 3.63) is 70.0 Å². The molecule has 0 atom stereocenters. The van der Waals surface area contributed by atoms with Gasteiger partial charge in [0.25, 0.3) is 0 Å². The fourth-order valence-corrected chi connectivity index (χ4v) is 3.53. The number of benzene rings is 2. The Balaban J connectivity index is 1.57. The van der Waals surface area contributed by atoms with Crippen molar-refractivity contribution < 1.29 is 4.74 Å².